The Kier molecular flexibility index (Phi) is 6.33. The number of nitrogens with zero attached hydrogens (tertiary/aromatic N) is 1. The molecule has 5 heteroatoms. The Balaban J connectivity index is 1.44. The highest BCUT2D eigenvalue weighted by atomic mass is 16.5. The highest BCUT2D eigenvalue weighted by molar-refractivity contribution is 5.94. The van der Waals surface area contributed by atoms with E-state index in [2.05, 4.69) is 32.0 Å². The topological polar surface area (TPSA) is 59.0 Å². The van der Waals surface area contributed by atoms with E-state index in [1.807, 2.05) is 35.2 Å². The molecule has 2 aliphatic rings. The molecule has 2 aliphatic heterocycles. The summed E-state index contributed by atoms with van der Waals surface area (Å²) in [5, 5.41) is 10.1. The van der Waals surface area contributed by atoms with Gasteiger partial charge < -0.3 is 19.5 Å². The molecule has 5 nitrogen and oxygen atoms in total. The molecular formula is C27H35NO4. The fourth-order valence-corrected chi connectivity index (χ4v) is 4.83. The van der Waals surface area contributed by atoms with Gasteiger partial charge in [-0.2, -0.15) is 0 Å². The Morgan fingerprint density at radius 2 is 1.81 bits per heavy atom. The van der Waals surface area contributed by atoms with Crippen LogP contribution in [-0.2, 0) is 10.3 Å². The molecule has 4 rings (SSSR count). The van der Waals surface area contributed by atoms with Crippen LogP contribution in [0.15, 0.2) is 48.5 Å². The largest absolute Gasteiger partial charge is 0.487 e. The number of para-hydroxylation sites is 1. The minimum Gasteiger partial charge on any atom is -0.487 e. The van der Waals surface area contributed by atoms with Crippen LogP contribution in [0.5, 0.6) is 5.75 Å². The second-order valence-corrected chi connectivity index (χ2v) is 10.0. The summed E-state index contributed by atoms with van der Waals surface area (Å²) in [6.45, 7) is 9.66. The molecule has 0 saturated carbocycles. The van der Waals surface area contributed by atoms with Crippen LogP contribution in [0.25, 0.3) is 0 Å². The van der Waals surface area contributed by atoms with Gasteiger partial charge in [0.05, 0.1) is 18.3 Å². The second kappa shape index (κ2) is 8.87. The van der Waals surface area contributed by atoms with E-state index in [-0.39, 0.29) is 17.6 Å². The van der Waals surface area contributed by atoms with Gasteiger partial charge in [-0.15, -0.1) is 0 Å². The van der Waals surface area contributed by atoms with Gasteiger partial charge >= 0.3 is 0 Å². The molecule has 2 heterocycles. The van der Waals surface area contributed by atoms with E-state index in [0.29, 0.717) is 31.2 Å². The first kappa shape index (κ1) is 22.8. The average Bonchev–Trinajstić information content (AvgIpc) is 2.77. The van der Waals surface area contributed by atoms with Crippen molar-refractivity contribution in [3.05, 3.63) is 65.2 Å². The standard InChI is InChI=1S/C27H35NO4/c1-19(2)31-18-21-17-27(32-24-8-6-5-7-23(21)24)13-15-28(16-14-27)25(29)20-9-11-22(12-10-20)26(3,4)30/h5-12,19,21,30H,13-18H2,1-4H3. The number of ether oxygens (including phenoxy) is 2. The van der Waals surface area contributed by atoms with Gasteiger partial charge in [0.25, 0.3) is 5.91 Å². The fraction of sp³-hybridized carbons (Fsp3) is 0.519. The van der Waals surface area contributed by atoms with E-state index in [9.17, 15) is 9.90 Å². The molecule has 1 spiro atoms. The second-order valence-electron chi connectivity index (χ2n) is 10.0. The van der Waals surface area contributed by atoms with Crippen molar-refractivity contribution in [1.29, 1.82) is 0 Å². The van der Waals surface area contributed by atoms with E-state index in [1.54, 1.807) is 13.8 Å². The summed E-state index contributed by atoms with van der Waals surface area (Å²) >= 11 is 0. The normalized spacial score (nSPS) is 20.2. The Morgan fingerprint density at radius 1 is 1.16 bits per heavy atom. The van der Waals surface area contributed by atoms with Gasteiger partial charge in [-0.3, -0.25) is 4.79 Å². The van der Waals surface area contributed by atoms with Gasteiger partial charge in [0.1, 0.15) is 11.4 Å². The number of amides is 1. The van der Waals surface area contributed by atoms with E-state index in [4.69, 9.17) is 9.47 Å². The summed E-state index contributed by atoms with van der Waals surface area (Å²) in [5.74, 6) is 1.30. The molecule has 2 aromatic carbocycles. The zero-order valence-corrected chi connectivity index (χ0v) is 19.6. The Hall–Kier alpha value is -2.37. The van der Waals surface area contributed by atoms with Gasteiger partial charge in [-0.1, -0.05) is 30.3 Å². The highest BCUT2D eigenvalue weighted by Crippen LogP contribution is 2.45. The van der Waals surface area contributed by atoms with Crippen LogP contribution < -0.4 is 4.74 Å². The lowest BCUT2D eigenvalue weighted by atomic mass is 9.77. The molecule has 1 N–H and O–H groups in total. The Bertz CT molecular complexity index is 937. The number of rotatable bonds is 5. The number of hydrogen-bond acceptors (Lipinski definition) is 4. The molecule has 1 amide bonds. The van der Waals surface area contributed by atoms with Crippen molar-refractivity contribution in [3.63, 3.8) is 0 Å². The van der Waals surface area contributed by atoms with Gasteiger partial charge in [0.2, 0.25) is 0 Å². The number of carbonyl (C=O) groups is 1. The quantitative estimate of drug-likeness (QED) is 0.724. The number of fused-ring (bicyclic) bond motifs is 1. The smallest absolute Gasteiger partial charge is 0.253 e. The number of carbonyl (C=O) groups excluding carboxylic acids is 1. The van der Waals surface area contributed by atoms with Crippen LogP contribution in [-0.4, -0.2) is 47.3 Å². The van der Waals surface area contributed by atoms with Crippen LogP contribution in [0, 0.1) is 0 Å². The zero-order chi connectivity index (χ0) is 22.9. The monoisotopic (exact) mass is 437 g/mol. The molecule has 0 aromatic heterocycles. The van der Waals surface area contributed by atoms with E-state index < -0.39 is 5.60 Å². The summed E-state index contributed by atoms with van der Waals surface area (Å²) in [5.41, 5.74) is 1.52. The molecule has 32 heavy (non-hydrogen) atoms. The molecule has 1 atom stereocenters. The summed E-state index contributed by atoms with van der Waals surface area (Å²) in [6, 6.07) is 15.6. The summed E-state index contributed by atoms with van der Waals surface area (Å²) in [7, 11) is 0. The maximum absolute atomic E-state index is 13.1. The van der Waals surface area contributed by atoms with Gasteiger partial charge in [-0.25, -0.2) is 0 Å². The number of aliphatic hydroxyl groups is 1. The van der Waals surface area contributed by atoms with Crippen LogP contribution in [0.3, 0.4) is 0 Å². The lowest BCUT2D eigenvalue weighted by Gasteiger charge is -2.47. The van der Waals surface area contributed by atoms with Gasteiger partial charge in [0.15, 0.2) is 0 Å². The number of hydrogen-bond donors (Lipinski definition) is 1. The summed E-state index contributed by atoms with van der Waals surface area (Å²) in [6.07, 6.45) is 2.74. The van der Waals surface area contributed by atoms with Crippen LogP contribution >= 0.6 is 0 Å². The molecule has 1 fully saturated rings. The predicted octanol–water partition coefficient (Wildman–Crippen LogP) is 4.88. The zero-order valence-electron chi connectivity index (χ0n) is 19.6. The van der Waals surface area contributed by atoms with Gasteiger partial charge in [0, 0.05) is 37.4 Å². The van der Waals surface area contributed by atoms with Crippen molar-refractivity contribution in [2.24, 2.45) is 0 Å². The van der Waals surface area contributed by atoms with Crippen LogP contribution in [0.1, 0.15) is 74.4 Å². The molecule has 0 bridgehead atoms. The Labute approximate surface area is 191 Å². The molecule has 172 valence electrons. The average molecular weight is 438 g/mol. The minimum atomic E-state index is -0.913. The minimum absolute atomic E-state index is 0.0399. The summed E-state index contributed by atoms with van der Waals surface area (Å²) in [4.78, 5) is 15.0. The van der Waals surface area contributed by atoms with Crippen molar-refractivity contribution in [2.45, 2.75) is 70.2 Å². The number of likely N-dealkylation sites (tertiary alicyclic amines) is 1. The lowest BCUT2D eigenvalue weighted by Crippen LogP contribution is -2.52. The summed E-state index contributed by atoms with van der Waals surface area (Å²) < 4.78 is 12.5. The van der Waals surface area contributed by atoms with E-state index in [1.165, 1.54) is 5.56 Å². The fourth-order valence-electron chi connectivity index (χ4n) is 4.83. The van der Waals surface area contributed by atoms with Crippen molar-refractivity contribution < 1.29 is 19.4 Å². The SMILES string of the molecule is CC(C)OCC1CC2(CCN(C(=O)c3ccc(C(C)(C)O)cc3)CC2)Oc2ccccc21. The first-order valence-electron chi connectivity index (χ1n) is 11.7. The number of benzene rings is 2. The molecule has 1 unspecified atom stereocenters. The lowest BCUT2D eigenvalue weighted by molar-refractivity contribution is -0.0325. The van der Waals surface area contributed by atoms with Gasteiger partial charge in [-0.05, 0) is 63.4 Å². The third kappa shape index (κ3) is 4.84. The third-order valence-electron chi connectivity index (χ3n) is 6.73. The van der Waals surface area contributed by atoms with Crippen molar-refractivity contribution in [2.75, 3.05) is 19.7 Å². The molecule has 0 aliphatic carbocycles. The van der Waals surface area contributed by atoms with Crippen molar-refractivity contribution in [1.82, 2.24) is 4.90 Å². The maximum Gasteiger partial charge on any atom is 0.253 e. The molecule has 2 aromatic rings. The first-order valence-corrected chi connectivity index (χ1v) is 11.7. The maximum atomic E-state index is 13.1. The Morgan fingerprint density at radius 3 is 2.44 bits per heavy atom. The molecule has 1 saturated heterocycles. The predicted molar refractivity (Wildman–Crippen MR) is 125 cm³/mol. The molecule has 0 radical (unpaired) electrons. The van der Waals surface area contributed by atoms with Crippen LogP contribution in [0.4, 0.5) is 0 Å². The van der Waals surface area contributed by atoms with Crippen molar-refractivity contribution in [3.8, 4) is 5.75 Å². The first-order chi connectivity index (χ1) is 15.2. The number of piperidine rings is 1. The van der Waals surface area contributed by atoms with E-state index >= 15 is 0 Å². The highest BCUT2D eigenvalue weighted by Gasteiger charge is 2.44. The molecular weight excluding hydrogens is 402 g/mol. The van der Waals surface area contributed by atoms with E-state index in [0.717, 1.165) is 30.6 Å². The third-order valence-corrected chi connectivity index (χ3v) is 6.73. The van der Waals surface area contributed by atoms with Crippen LogP contribution in [0.2, 0.25) is 0 Å². The van der Waals surface area contributed by atoms with Crippen molar-refractivity contribution >= 4 is 5.91 Å².